The van der Waals surface area contributed by atoms with Crippen molar-refractivity contribution in [3.8, 4) is 11.5 Å². The van der Waals surface area contributed by atoms with Gasteiger partial charge in [0.15, 0.2) is 0 Å². The first-order valence-corrected chi connectivity index (χ1v) is 9.90. The SMILES string of the molecule is O=S(=O)([O-])c1cc2ccc3c(O)cc(O)c4ccc(c1S(=O)(=O)[O-])c2c34.[Na+].[Na+]. The van der Waals surface area contributed by atoms with Gasteiger partial charge in [0.1, 0.15) is 31.7 Å². The fourth-order valence-electron chi connectivity index (χ4n) is 3.33. The first kappa shape index (κ1) is 23.6. The first-order chi connectivity index (χ1) is 12.0. The summed E-state index contributed by atoms with van der Waals surface area (Å²) in [7, 11) is -10.6. The van der Waals surface area contributed by atoms with Crippen LogP contribution in [0.15, 0.2) is 46.2 Å². The van der Waals surface area contributed by atoms with Crippen LogP contribution in [0.1, 0.15) is 0 Å². The molecule has 4 aromatic carbocycles. The maximum Gasteiger partial charge on any atom is 1.00 e. The molecular weight excluding hydrogens is 430 g/mol. The predicted octanol–water partition coefficient (Wildman–Crippen LogP) is -4.19. The van der Waals surface area contributed by atoms with Crippen LogP contribution in [0.5, 0.6) is 11.5 Å². The molecule has 12 heteroatoms. The van der Waals surface area contributed by atoms with Crippen LogP contribution in [0.3, 0.4) is 0 Å². The van der Waals surface area contributed by atoms with E-state index in [0.29, 0.717) is 0 Å². The summed E-state index contributed by atoms with van der Waals surface area (Å²) < 4.78 is 69.8. The predicted molar refractivity (Wildman–Crippen MR) is 89.4 cm³/mol. The zero-order valence-electron chi connectivity index (χ0n) is 14.6. The number of hydrogen-bond donors (Lipinski definition) is 2. The first-order valence-electron chi connectivity index (χ1n) is 7.08. The summed E-state index contributed by atoms with van der Waals surface area (Å²) in [5, 5.41) is 20.9. The molecule has 134 valence electrons. The minimum Gasteiger partial charge on any atom is -0.744 e. The number of benzene rings is 4. The smallest absolute Gasteiger partial charge is 0.744 e. The van der Waals surface area contributed by atoms with E-state index >= 15 is 0 Å². The van der Waals surface area contributed by atoms with Crippen molar-refractivity contribution in [1.29, 1.82) is 0 Å². The van der Waals surface area contributed by atoms with Gasteiger partial charge in [0, 0.05) is 27.6 Å². The number of rotatable bonds is 2. The van der Waals surface area contributed by atoms with E-state index < -0.39 is 30.0 Å². The molecule has 0 saturated carbocycles. The zero-order chi connectivity index (χ0) is 19.0. The monoisotopic (exact) mass is 438 g/mol. The summed E-state index contributed by atoms with van der Waals surface area (Å²) in [4.78, 5) is -2.27. The number of aromatic hydroxyl groups is 2. The molecule has 0 aliphatic carbocycles. The van der Waals surface area contributed by atoms with Crippen LogP contribution in [0.25, 0.3) is 32.3 Å². The van der Waals surface area contributed by atoms with E-state index in [1.165, 1.54) is 18.2 Å². The number of hydrogen-bond acceptors (Lipinski definition) is 8. The summed E-state index contributed by atoms with van der Waals surface area (Å²) in [5.74, 6) is -0.562. The third-order valence-corrected chi connectivity index (χ3v) is 6.22. The van der Waals surface area contributed by atoms with Crippen molar-refractivity contribution >= 4 is 52.6 Å². The Balaban J connectivity index is 0.00000140. The molecule has 2 N–H and O–H groups in total. The van der Waals surface area contributed by atoms with Gasteiger partial charge in [-0.15, -0.1) is 0 Å². The Hall–Kier alpha value is -0.660. The third-order valence-electron chi connectivity index (χ3n) is 4.29. The van der Waals surface area contributed by atoms with Crippen molar-refractivity contribution < 1.29 is 95.3 Å². The van der Waals surface area contributed by atoms with Crippen molar-refractivity contribution in [3.05, 3.63) is 36.4 Å². The normalized spacial score (nSPS) is 12.2. The molecule has 0 heterocycles. The Morgan fingerprint density at radius 2 is 1.18 bits per heavy atom. The summed E-state index contributed by atoms with van der Waals surface area (Å²) >= 11 is 0. The second-order valence-corrected chi connectivity index (χ2v) is 8.44. The van der Waals surface area contributed by atoms with E-state index in [0.717, 1.165) is 18.2 Å². The van der Waals surface area contributed by atoms with Crippen LogP contribution in [-0.4, -0.2) is 36.2 Å². The fourth-order valence-corrected chi connectivity index (χ4v) is 5.29. The van der Waals surface area contributed by atoms with Crippen LogP contribution >= 0.6 is 0 Å². The second kappa shape index (κ2) is 7.55. The van der Waals surface area contributed by atoms with Crippen LogP contribution < -0.4 is 59.1 Å². The van der Waals surface area contributed by atoms with Crippen molar-refractivity contribution in [2.24, 2.45) is 0 Å². The minimum atomic E-state index is -5.32. The molecule has 0 amide bonds. The Labute approximate surface area is 203 Å². The van der Waals surface area contributed by atoms with Gasteiger partial charge in [0.2, 0.25) is 0 Å². The van der Waals surface area contributed by atoms with Crippen molar-refractivity contribution in [3.63, 3.8) is 0 Å². The van der Waals surface area contributed by atoms with Gasteiger partial charge in [-0.05, 0) is 29.0 Å². The molecule has 0 aromatic heterocycles. The van der Waals surface area contributed by atoms with Gasteiger partial charge in [0.05, 0.1) is 9.79 Å². The molecule has 28 heavy (non-hydrogen) atoms. The molecule has 0 fully saturated rings. The molecule has 0 bridgehead atoms. The van der Waals surface area contributed by atoms with Gasteiger partial charge in [-0.3, -0.25) is 0 Å². The van der Waals surface area contributed by atoms with Gasteiger partial charge in [0.25, 0.3) is 0 Å². The molecule has 4 aromatic rings. The van der Waals surface area contributed by atoms with Crippen molar-refractivity contribution in [1.82, 2.24) is 0 Å². The maximum atomic E-state index is 11.7. The van der Waals surface area contributed by atoms with Crippen LogP contribution in [0, 0.1) is 0 Å². The van der Waals surface area contributed by atoms with Crippen LogP contribution in [0.2, 0.25) is 0 Å². The molecular formula is C16H8Na2O8S2. The number of phenols is 2. The molecule has 0 radical (unpaired) electrons. The van der Waals surface area contributed by atoms with E-state index in [9.17, 15) is 36.2 Å². The standard InChI is InChI=1S/C16H10O8S2.2Na/c17-11-6-12(18)9-3-4-10-14-7(1-2-8(11)15(9)14)5-13(25(19,20)21)16(10)26(22,23)24;;/h1-6,17-18H,(H,19,20,21)(H,22,23,24);;/q;2*+1/p-2. The third kappa shape index (κ3) is 3.52. The Morgan fingerprint density at radius 1 is 0.679 bits per heavy atom. The largest absolute Gasteiger partial charge is 1.00 e. The molecule has 0 spiro atoms. The summed E-state index contributed by atoms with van der Waals surface area (Å²) in [5.41, 5.74) is 0. The van der Waals surface area contributed by atoms with Crippen LogP contribution in [0.4, 0.5) is 0 Å². The molecule has 8 nitrogen and oxygen atoms in total. The Morgan fingerprint density at radius 3 is 1.68 bits per heavy atom. The zero-order valence-corrected chi connectivity index (χ0v) is 20.3. The van der Waals surface area contributed by atoms with E-state index in [-0.39, 0.29) is 103 Å². The van der Waals surface area contributed by atoms with Crippen molar-refractivity contribution in [2.75, 3.05) is 0 Å². The van der Waals surface area contributed by atoms with Crippen molar-refractivity contribution in [2.45, 2.75) is 9.79 Å². The molecule has 0 atom stereocenters. The molecule has 0 aliphatic rings. The van der Waals surface area contributed by atoms with Gasteiger partial charge in [-0.25, -0.2) is 16.8 Å². The van der Waals surface area contributed by atoms with E-state index in [4.69, 9.17) is 0 Å². The average Bonchev–Trinajstić information content (AvgIpc) is 2.51. The molecule has 0 saturated heterocycles. The second-order valence-electron chi connectivity index (χ2n) is 5.77. The van der Waals surface area contributed by atoms with Gasteiger partial charge in [-0.2, -0.15) is 0 Å². The summed E-state index contributed by atoms with van der Waals surface area (Å²) in [6.45, 7) is 0. The van der Waals surface area contributed by atoms with E-state index in [1.807, 2.05) is 0 Å². The average molecular weight is 438 g/mol. The van der Waals surface area contributed by atoms with Crippen LogP contribution in [-0.2, 0) is 20.2 Å². The van der Waals surface area contributed by atoms with E-state index in [2.05, 4.69) is 0 Å². The number of phenolic OH excluding ortho intramolecular Hbond substituents is 2. The Bertz CT molecular complexity index is 1430. The summed E-state index contributed by atoms with van der Waals surface area (Å²) in [6.07, 6.45) is 0. The minimum absolute atomic E-state index is 0. The topological polar surface area (TPSA) is 155 Å². The fraction of sp³-hybridized carbons (Fsp3) is 0. The van der Waals surface area contributed by atoms with E-state index in [1.54, 1.807) is 0 Å². The van der Waals surface area contributed by atoms with Gasteiger partial charge >= 0.3 is 59.1 Å². The maximum absolute atomic E-state index is 11.7. The summed E-state index contributed by atoms with van der Waals surface area (Å²) in [6, 6.07) is 7.19. The molecule has 0 aliphatic heterocycles. The molecule has 0 unspecified atom stereocenters. The van der Waals surface area contributed by atoms with Gasteiger partial charge < -0.3 is 19.3 Å². The molecule has 4 rings (SSSR count). The van der Waals surface area contributed by atoms with Gasteiger partial charge in [-0.1, -0.05) is 12.1 Å². The Kier molecular flexibility index (Phi) is 6.37. The quantitative estimate of drug-likeness (QED) is 0.181.